The van der Waals surface area contributed by atoms with Crippen LogP contribution in [0.1, 0.15) is 11.1 Å². The van der Waals surface area contributed by atoms with Gasteiger partial charge in [0.25, 0.3) is 0 Å². The molecule has 3 aromatic rings. The van der Waals surface area contributed by atoms with Crippen LogP contribution in [0.2, 0.25) is 0 Å². The van der Waals surface area contributed by atoms with E-state index >= 15 is 0 Å². The molecule has 2 aromatic carbocycles. The van der Waals surface area contributed by atoms with Crippen LogP contribution in [-0.4, -0.2) is 24.5 Å². The summed E-state index contributed by atoms with van der Waals surface area (Å²) in [7, 11) is -4.06. The van der Waals surface area contributed by atoms with E-state index in [9.17, 15) is 21.6 Å². The molecule has 1 aliphatic rings. The summed E-state index contributed by atoms with van der Waals surface area (Å²) in [6.07, 6.45) is -1.47. The van der Waals surface area contributed by atoms with E-state index in [4.69, 9.17) is 5.26 Å². The molecule has 5 nitrogen and oxygen atoms in total. The molecule has 0 amide bonds. The third kappa shape index (κ3) is 4.11. The molecule has 0 aliphatic carbocycles. The average Bonchev–Trinajstić information content (AvgIpc) is 2.78. The van der Waals surface area contributed by atoms with Crippen molar-refractivity contribution < 1.29 is 21.6 Å². The molecular formula is C21H14F3N3O2S2. The first-order valence-electron chi connectivity index (χ1n) is 9.00. The van der Waals surface area contributed by atoms with Gasteiger partial charge in [-0.1, -0.05) is 18.2 Å². The second-order valence-corrected chi connectivity index (χ2v) is 10.4. The van der Waals surface area contributed by atoms with Crippen molar-refractivity contribution in [2.75, 3.05) is 11.9 Å². The number of anilines is 1. The van der Waals surface area contributed by atoms with Gasteiger partial charge in [0, 0.05) is 23.2 Å². The lowest BCUT2D eigenvalue weighted by atomic mass is 10.1. The van der Waals surface area contributed by atoms with Crippen molar-refractivity contribution >= 4 is 27.3 Å². The van der Waals surface area contributed by atoms with Gasteiger partial charge in [0.1, 0.15) is 4.58 Å². The lowest BCUT2D eigenvalue weighted by Crippen LogP contribution is -2.30. The topological polar surface area (TPSA) is 82.8 Å². The van der Waals surface area contributed by atoms with E-state index in [2.05, 4.69) is 10.3 Å². The van der Waals surface area contributed by atoms with Gasteiger partial charge in [-0.05, 0) is 35.9 Å². The number of nitriles is 1. The van der Waals surface area contributed by atoms with Crippen molar-refractivity contribution in [2.45, 2.75) is 20.5 Å². The number of aromatic nitrogens is 1. The molecule has 31 heavy (non-hydrogen) atoms. The van der Waals surface area contributed by atoms with Crippen LogP contribution in [0.5, 0.6) is 0 Å². The molecule has 1 aliphatic heterocycles. The predicted molar refractivity (Wildman–Crippen MR) is 111 cm³/mol. The van der Waals surface area contributed by atoms with E-state index in [0.717, 1.165) is 29.5 Å². The number of sulfone groups is 1. The number of hydrogen-bond acceptors (Lipinski definition) is 6. The quantitative estimate of drug-likeness (QED) is 0.594. The van der Waals surface area contributed by atoms with Gasteiger partial charge in [0.2, 0.25) is 0 Å². The van der Waals surface area contributed by atoms with E-state index in [1.54, 1.807) is 36.7 Å². The van der Waals surface area contributed by atoms with Crippen molar-refractivity contribution in [3.05, 3.63) is 72.1 Å². The van der Waals surface area contributed by atoms with Crippen LogP contribution >= 0.6 is 11.8 Å². The molecule has 0 bridgehead atoms. The van der Waals surface area contributed by atoms with Crippen LogP contribution < -0.4 is 5.32 Å². The summed E-state index contributed by atoms with van der Waals surface area (Å²) in [4.78, 5) is 4.44. The van der Waals surface area contributed by atoms with E-state index in [1.807, 2.05) is 6.07 Å². The Kier molecular flexibility index (Phi) is 5.41. The van der Waals surface area contributed by atoms with Crippen molar-refractivity contribution in [3.63, 3.8) is 0 Å². The molecule has 2 heterocycles. The number of nitrogens with zero attached hydrogens (tertiary/aromatic N) is 2. The molecule has 0 saturated heterocycles. The fraction of sp³-hybridized carbons (Fsp3) is 0.143. The number of benzene rings is 2. The standard InChI is InChI=1S/C21H14F3N3O2S2/c22-21(23,24)15-2-1-3-16(8-15)31(28,29)19-12-27-18-11-26-10-17(20(18)30-19)14-6-4-13(9-25)5-7-14/h1-8,10-11,19,27H,12H2. The minimum atomic E-state index is -4.63. The fourth-order valence-electron chi connectivity index (χ4n) is 3.17. The van der Waals surface area contributed by atoms with Crippen LogP contribution in [0.25, 0.3) is 11.1 Å². The first-order valence-corrected chi connectivity index (χ1v) is 11.4. The number of nitrogens with one attached hydrogen (secondary N) is 1. The minimum absolute atomic E-state index is 0.0226. The summed E-state index contributed by atoms with van der Waals surface area (Å²) >= 11 is 1.07. The first kappa shape index (κ1) is 21.2. The van der Waals surface area contributed by atoms with Gasteiger partial charge >= 0.3 is 6.18 Å². The maximum Gasteiger partial charge on any atom is 0.416 e. The van der Waals surface area contributed by atoms with Crippen LogP contribution in [0.4, 0.5) is 18.9 Å². The Morgan fingerprint density at radius 3 is 2.55 bits per heavy atom. The Morgan fingerprint density at radius 1 is 1.13 bits per heavy atom. The van der Waals surface area contributed by atoms with E-state index in [-0.39, 0.29) is 11.4 Å². The Balaban J connectivity index is 1.71. The second kappa shape index (κ2) is 7.90. The van der Waals surface area contributed by atoms with E-state index in [1.165, 1.54) is 6.07 Å². The maximum absolute atomic E-state index is 13.1. The molecule has 1 atom stereocenters. The number of thioether (sulfide) groups is 1. The molecule has 0 fully saturated rings. The van der Waals surface area contributed by atoms with Gasteiger partial charge < -0.3 is 5.32 Å². The van der Waals surface area contributed by atoms with Crippen molar-refractivity contribution in [2.24, 2.45) is 0 Å². The van der Waals surface area contributed by atoms with Crippen LogP contribution in [0.3, 0.4) is 0 Å². The number of rotatable bonds is 3. The zero-order valence-electron chi connectivity index (χ0n) is 15.7. The third-order valence-electron chi connectivity index (χ3n) is 4.77. The third-order valence-corrected chi connectivity index (χ3v) is 8.69. The molecule has 1 N–H and O–H groups in total. The van der Waals surface area contributed by atoms with Crippen LogP contribution in [-0.2, 0) is 16.0 Å². The summed E-state index contributed by atoms with van der Waals surface area (Å²) in [6.45, 7) is 0.0226. The Bertz CT molecular complexity index is 1280. The first-order chi connectivity index (χ1) is 14.7. The summed E-state index contributed by atoms with van der Waals surface area (Å²) in [6, 6.07) is 12.6. The fourth-order valence-corrected chi connectivity index (χ4v) is 6.45. The molecule has 1 aromatic heterocycles. The van der Waals surface area contributed by atoms with Crippen molar-refractivity contribution in [1.29, 1.82) is 5.26 Å². The highest BCUT2D eigenvalue weighted by Gasteiger charge is 2.36. The van der Waals surface area contributed by atoms with Gasteiger partial charge in [0.05, 0.1) is 34.0 Å². The smallest absolute Gasteiger partial charge is 0.381 e. The highest BCUT2D eigenvalue weighted by atomic mass is 32.3. The largest absolute Gasteiger partial charge is 0.416 e. The number of alkyl halides is 3. The zero-order chi connectivity index (χ0) is 22.2. The predicted octanol–water partition coefficient (Wildman–Crippen LogP) is 4.96. The molecular weight excluding hydrogens is 447 g/mol. The molecule has 0 saturated carbocycles. The lowest BCUT2D eigenvalue weighted by Gasteiger charge is -2.27. The Labute approximate surface area is 180 Å². The molecule has 158 valence electrons. The average molecular weight is 461 g/mol. The number of fused-ring (bicyclic) bond motifs is 1. The summed E-state index contributed by atoms with van der Waals surface area (Å²) in [5.74, 6) is 0. The number of halogens is 3. The normalized spacial score (nSPS) is 16.1. The van der Waals surface area contributed by atoms with Gasteiger partial charge in [-0.15, -0.1) is 11.8 Å². The van der Waals surface area contributed by atoms with Crippen molar-refractivity contribution in [3.8, 4) is 17.2 Å². The molecule has 0 radical (unpaired) electrons. The highest BCUT2D eigenvalue weighted by Crippen LogP contribution is 2.44. The number of hydrogen-bond donors (Lipinski definition) is 1. The summed E-state index contributed by atoms with van der Waals surface area (Å²) < 4.78 is 64.4. The minimum Gasteiger partial charge on any atom is -0.381 e. The van der Waals surface area contributed by atoms with Crippen molar-refractivity contribution in [1.82, 2.24) is 4.98 Å². The monoisotopic (exact) mass is 461 g/mol. The zero-order valence-corrected chi connectivity index (χ0v) is 17.4. The van der Waals surface area contributed by atoms with Gasteiger partial charge in [-0.3, -0.25) is 4.98 Å². The summed E-state index contributed by atoms with van der Waals surface area (Å²) in [5, 5.41) is 12.0. The van der Waals surface area contributed by atoms with Gasteiger partial charge in [-0.25, -0.2) is 8.42 Å². The molecule has 0 spiro atoms. The second-order valence-electron chi connectivity index (χ2n) is 6.75. The van der Waals surface area contributed by atoms with E-state index in [0.29, 0.717) is 27.8 Å². The van der Waals surface area contributed by atoms with E-state index < -0.39 is 26.2 Å². The number of pyridine rings is 1. The molecule has 10 heteroatoms. The van der Waals surface area contributed by atoms with Crippen LogP contribution in [0.15, 0.2) is 70.7 Å². The van der Waals surface area contributed by atoms with Gasteiger partial charge in [-0.2, -0.15) is 18.4 Å². The van der Waals surface area contributed by atoms with Gasteiger partial charge in [0.15, 0.2) is 9.84 Å². The SMILES string of the molecule is N#Cc1ccc(-c2cncc3c2SC(S(=O)(=O)c2cccc(C(F)(F)F)c2)CN3)cc1. The molecule has 4 rings (SSSR count). The maximum atomic E-state index is 13.1. The molecule has 1 unspecified atom stereocenters. The lowest BCUT2D eigenvalue weighted by molar-refractivity contribution is -0.137. The highest BCUT2D eigenvalue weighted by molar-refractivity contribution is 8.13. The summed E-state index contributed by atoms with van der Waals surface area (Å²) in [5.41, 5.74) is 1.53. The Hall–Kier alpha value is -3.03. The Morgan fingerprint density at radius 2 is 1.87 bits per heavy atom. The van der Waals surface area contributed by atoms with Crippen LogP contribution in [0, 0.1) is 11.3 Å².